The zero-order chi connectivity index (χ0) is 17.6. The Morgan fingerprint density at radius 1 is 1.16 bits per heavy atom. The molecule has 130 valence electrons. The molecule has 6 heteroatoms. The molecule has 0 saturated carbocycles. The molecule has 1 aliphatic rings. The Labute approximate surface area is 160 Å². The highest BCUT2D eigenvalue weighted by Gasteiger charge is 2.35. The SMILES string of the molecule is O=C(Nc1cccc(I)c1)[C@@H]1CCCN1C(=O)OCc1ccccc1. The number of benzene rings is 2. The Morgan fingerprint density at radius 2 is 1.96 bits per heavy atom. The van der Waals surface area contributed by atoms with Gasteiger partial charge in [0, 0.05) is 15.8 Å². The summed E-state index contributed by atoms with van der Waals surface area (Å²) in [5, 5.41) is 2.89. The smallest absolute Gasteiger partial charge is 0.410 e. The lowest BCUT2D eigenvalue weighted by molar-refractivity contribution is -0.120. The maximum Gasteiger partial charge on any atom is 0.410 e. The zero-order valence-corrected chi connectivity index (χ0v) is 15.8. The Bertz CT molecular complexity index is 751. The van der Waals surface area contributed by atoms with E-state index in [1.165, 1.54) is 4.90 Å². The molecule has 0 aromatic heterocycles. The predicted octanol–water partition coefficient (Wildman–Crippen LogP) is 4.03. The first kappa shape index (κ1) is 17.7. The molecule has 1 heterocycles. The number of hydrogen-bond donors (Lipinski definition) is 1. The van der Waals surface area contributed by atoms with Gasteiger partial charge < -0.3 is 10.1 Å². The van der Waals surface area contributed by atoms with E-state index in [2.05, 4.69) is 27.9 Å². The molecule has 2 amide bonds. The molecule has 1 fully saturated rings. The van der Waals surface area contributed by atoms with Crippen LogP contribution in [-0.2, 0) is 16.1 Å². The second-order valence-electron chi connectivity index (χ2n) is 5.89. The Kier molecular flexibility index (Phi) is 5.91. The third-order valence-corrected chi connectivity index (χ3v) is 4.76. The minimum Gasteiger partial charge on any atom is -0.445 e. The molecule has 1 N–H and O–H groups in total. The fourth-order valence-electron chi connectivity index (χ4n) is 2.85. The summed E-state index contributed by atoms with van der Waals surface area (Å²) in [4.78, 5) is 26.4. The van der Waals surface area contributed by atoms with E-state index in [4.69, 9.17) is 4.74 Å². The number of nitrogens with one attached hydrogen (secondary N) is 1. The van der Waals surface area contributed by atoms with E-state index in [-0.39, 0.29) is 12.5 Å². The van der Waals surface area contributed by atoms with Gasteiger partial charge in [-0.05, 0) is 59.2 Å². The molecule has 0 bridgehead atoms. The second-order valence-corrected chi connectivity index (χ2v) is 7.14. The van der Waals surface area contributed by atoms with Crippen molar-refractivity contribution in [3.63, 3.8) is 0 Å². The van der Waals surface area contributed by atoms with Crippen LogP contribution < -0.4 is 5.32 Å². The van der Waals surface area contributed by atoms with Crippen LogP contribution in [-0.4, -0.2) is 29.5 Å². The molecule has 2 aromatic rings. The minimum atomic E-state index is -0.485. The number of carbonyl (C=O) groups excluding carboxylic acids is 2. The minimum absolute atomic E-state index is 0.170. The van der Waals surface area contributed by atoms with Crippen LogP contribution in [0.1, 0.15) is 18.4 Å². The van der Waals surface area contributed by atoms with Crippen LogP contribution in [0.2, 0.25) is 0 Å². The number of anilines is 1. The van der Waals surface area contributed by atoms with Crippen molar-refractivity contribution in [2.75, 3.05) is 11.9 Å². The summed E-state index contributed by atoms with van der Waals surface area (Å²) in [6.45, 7) is 0.749. The van der Waals surface area contributed by atoms with Crippen molar-refractivity contribution in [2.45, 2.75) is 25.5 Å². The lowest BCUT2D eigenvalue weighted by Gasteiger charge is -2.23. The number of amides is 2. The first-order valence-corrected chi connectivity index (χ1v) is 9.25. The van der Waals surface area contributed by atoms with Gasteiger partial charge in [-0.3, -0.25) is 9.69 Å². The maximum atomic E-state index is 12.6. The number of halogens is 1. The standard InChI is InChI=1S/C19H19IN2O3/c20-15-8-4-9-16(12-15)21-18(23)17-10-5-11-22(17)19(24)25-13-14-6-2-1-3-7-14/h1-4,6-9,12,17H,5,10-11,13H2,(H,21,23)/t17-/m0/s1. The highest BCUT2D eigenvalue weighted by Crippen LogP contribution is 2.21. The Balaban J connectivity index is 1.59. The van der Waals surface area contributed by atoms with E-state index < -0.39 is 12.1 Å². The monoisotopic (exact) mass is 450 g/mol. The second kappa shape index (κ2) is 8.33. The number of ether oxygens (including phenoxy) is 1. The lowest BCUT2D eigenvalue weighted by Crippen LogP contribution is -2.43. The van der Waals surface area contributed by atoms with Crippen molar-refractivity contribution in [1.82, 2.24) is 4.90 Å². The number of nitrogens with zero attached hydrogens (tertiary/aromatic N) is 1. The summed E-state index contributed by atoms with van der Waals surface area (Å²) < 4.78 is 6.41. The average Bonchev–Trinajstić information content (AvgIpc) is 3.10. The molecule has 0 unspecified atom stereocenters. The van der Waals surface area contributed by atoms with Crippen molar-refractivity contribution >= 4 is 40.3 Å². The molecule has 0 radical (unpaired) electrons. The zero-order valence-electron chi connectivity index (χ0n) is 13.7. The molecule has 3 rings (SSSR count). The van der Waals surface area contributed by atoms with Crippen molar-refractivity contribution in [3.05, 3.63) is 63.7 Å². The molecule has 0 aliphatic carbocycles. The van der Waals surface area contributed by atoms with Crippen molar-refractivity contribution in [3.8, 4) is 0 Å². The van der Waals surface area contributed by atoms with Gasteiger partial charge in [0.15, 0.2) is 0 Å². The van der Waals surface area contributed by atoms with E-state index in [0.29, 0.717) is 13.0 Å². The maximum absolute atomic E-state index is 12.6. The van der Waals surface area contributed by atoms with Crippen LogP contribution in [0.15, 0.2) is 54.6 Å². The van der Waals surface area contributed by atoms with Gasteiger partial charge in [-0.1, -0.05) is 36.4 Å². The van der Waals surface area contributed by atoms with Crippen LogP contribution in [0.5, 0.6) is 0 Å². The van der Waals surface area contributed by atoms with Crippen LogP contribution in [0, 0.1) is 3.57 Å². The van der Waals surface area contributed by atoms with Gasteiger partial charge in [-0.25, -0.2) is 4.79 Å². The summed E-state index contributed by atoms with van der Waals surface area (Å²) in [5.74, 6) is -0.170. The lowest BCUT2D eigenvalue weighted by atomic mass is 10.2. The molecule has 5 nitrogen and oxygen atoms in total. The molecular formula is C19H19IN2O3. The van der Waals surface area contributed by atoms with Gasteiger partial charge in [-0.15, -0.1) is 0 Å². The van der Waals surface area contributed by atoms with E-state index in [1.807, 2.05) is 54.6 Å². The van der Waals surface area contributed by atoms with Gasteiger partial charge in [0.2, 0.25) is 5.91 Å². The van der Waals surface area contributed by atoms with Gasteiger partial charge >= 0.3 is 6.09 Å². The number of likely N-dealkylation sites (tertiary alicyclic amines) is 1. The summed E-state index contributed by atoms with van der Waals surface area (Å²) >= 11 is 2.20. The summed E-state index contributed by atoms with van der Waals surface area (Å²) in [6.07, 6.45) is 1.00. The van der Waals surface area contributed by atoms with Gasteiger partial charge in [-0.2, -0.15) is 0 Å². The molecule has 1 aliphatic heterocycles. The Morgan fingerprint density at radius 3 is 2.72 bits per heavy atom. The molecule has 2 aromatic carbocycles. The van der Waals surface area contributed by atoms with Crippen LogP contribution in [0.25, 0.3) is 0 Å². The molecule has 1 atom stereocenters. The van der Waals surface area contributed by atoms with Crippen molar-refractivity contribution in [1.29, 1.82) is 0 Å². The van der Waals surface area contributed by atoms with E-state index in [0.717, 1.165) is 21.2 Å². The summed E-state index contributed by atoms with van der Waals surface area (Å²) in [5.41, 5.74) is 1.66. The normalized spacial score (nSPS) is 16.5. The Hall–Kier alpha value is -2.09. The van der Waals surface area contributed by atoms with Crippen LogP contribution >= 0.6 is 22.6 Å². The molecule has 25 heavy (non-hydrogen) atoms. The fourth-order valence-corrected chi connectivity index (χ4v) is 3.39. The molecule has 1 saturated heterocycles. The largest absolute Gasteiger partial charge is 0.445 e. The summed E-state index contributed by atoms with van der Waals surface area (Å²) in [7, 11) is 0. The highest BCUT2D eigenvalue weighted by atomic mass is 127. The van der Waals surface area contributed by atoms with Crippen molar-refractivity contribution < 1.29 is 14.3 Å². The van der Waals surface area contributed by atoms with E-state index in [9.17, 15) is 9.59 Å². The first-order chi connectivity index (χ1) is 12.1. The van der Waals surface area contributed by atoms with Crippen molar-refractivity contribution in [2.24, 2.45) is 0 Å². The molecular weight excluding hydrogens is 431 g/mol. The highest BCUT2D eigenvalue weighted by molar-refractivity contribution is 14.1. The number of rotatable bonds is 4. The third-order valence-electron chi connectivity index (χ3n) is 4.09. The van der Waals surface area contributed by atoms with Crippen LogP contribution in [0.4, 0.5) is 10.5 Å². The topological polar surface area (TPSA) is 58.6 Å². The van der Waals surface area contributed by atoms with Crippen LogP contribution in [0.3, 0.4) is 0 Å². The number of carbonyl (C=O) groups is 2. The van der Waals surface area contributed by atoms with Gasteiger partial charge in [0.25, 0.3) is 0 Å². The van der Waals surface area contributed by atoms with E-state index in [1.54, 1.807) is 0 Å². The van der Waals surface area contributed by atoms with E-state index >= 15 is 0 Å². The average molecular weight is 450 g/mol. The fraction of sp³-hybridized carbons (Fsp3) is 0.263. The predicted molar refractivity (Wildman–Crippen MR) is 104 cm³/mol. The first-order valence-electron chi connectivity index (χ1n) is 8.17. The quantitative estimate of drug-likeness (QED) is 0.716. The molecule has 0 spiro atoms. The third kappa shape index (κ3) is 4.72. The van der Waals surface area contributed by atoms with Gasteiger partial charge in [0.1, 0.15) is 12.6 Å². The number of hydrogen-bond acceptors (Lipinski definition) is 3. The van der Waals surface area contributed by atoms with Gasteiger partial charge in [0.05, 0.1) is 0 Å². The summed E-state index contributed by atoms with van der Waals surface area (Å²) in [6, 6.07) is 16.6.